The SMILES string of the molecule is C=C(Nc1cnc(C#N)c(C(F)(F)F)c1)C1(Nc2ccc(C(=O)NC)c(F)c2)CCC1. The predicted octanol–water partition coefficient (Wildman–Crippen LogP) is 4.43. The quantitative estimate of drug-likeness (QED) is 0.587. The van der Waals surface area contributed by atoms with Crippen LogP contribution in [0.5, 0.6) is 0 Å². The van der Waals surface area contributed by atoms with Crippen molar-refractivity contribution in [2.24, 2.45) is 0 Å². The fourth-order valence-corrected chi connectivity index (χ4v) is 3.35. The molecule has 0 radical (unpaired) electrons. The third kappa shape index (κ3) is 4.45. The highest BCUT2D eigenvalue weighted by Crippen LogP contribution is 2.41. The number of anilines is 2. The average Bonchev–Trinajstić information content (AvgIpc) is 2.69. The van der Waals surface area contributed by atoms with Crippen molar-refractivity contribution >= 4 is 17.3 Å². The van der Waals surface area contributed by atoms with Crippen LogP contribution in [-0.4, -0.2) is 23.5 Å². The number of halogens is 4. The normalized spacial score (nSPS) is 14.7. The van der Waals surface area contributed by atoms with Crippen LogP contribution in [0.2, 0.25) is 0 Å². The Kier molecular flexibility index (Phi) is 5.88. The van der Waals surface area contributed by atoms with Gasteiger partial charge >= 0.3 is 6.18 Å². The van der Waals surface area contributed by atoms with Crippen molar-refractivity contribution in [3.63, 3.8) is 0 Å². The smallest absolute Gasteiger partial charge is 0.374 e. The molecule has 0 unspecified atom stereocenters. The Bertz CT molecular complexity index is 1070. The van der Waals surface area contributed by atoms with E-state index in [4.69, 9.17) is 5.26 Å². The van der Waals surface area contributed by atoms with Gasteiger partial charge < -0.3 is 16.0 Å². The Morgan fingerprint density at radius 2 is 1.97 bits per heavy atom. The number of rotatable bonds is 6. The second kappa shape index (κ2) is 8.26. The van der Waals surface area contributed by atoms with Crippen LogP contribution in [-0.2, 0) is 6.18 Å². The number of hydrogen-bond donors (Lipinski definition) is 3. The maximum absolute atomic E-state index is 14.3. The molecule has 1 aromatic carbocycles. The van der Waals surface area contributed by atoms with E-state index in [1.165, 1.54) is 25.2 Å². The van der Waals surface area contributed by atoms with Crippen molar-refractivity contribution in [3.8, 4) is 6.07 Å². The third-order valence-electron chi connectivity index (χ3n) is 5.20. The van der Waals surface area contributed by atoms with Crippen LogP contribution in [0, 0.1) is 17.1 Å². The summed E-state index contributed by atoms with van der Waals surface area (Å²) in [5.74, 6) is -1.26. The standard InChI is InChI=1S/C21H19F4N5O/c1-12(29-14-8-16(21(23,24)25)18(10-26)28-11-14)20(6-3-7-20)30-13-4-5-15(17(22)9-13)19(31)27-2/h4-5,8-9,11,29-30H,1,3,6-7H2,2H3,(H,27,31). The Labute approximate surface area is 176 Å². The van der Waals surface area contributed by atoms with Crippen molar-refractivity contribution in [2.75, 3.05) is 17.7 Å². The van der Waals surface area contributed by atoms with Crippen molar-refractivity contribution < 1.29 is 22.4 Å². The van der Waals surface area contributed by atoms with Crippen molar-refractivity contribution in [3.05, 3.63) is 65.4 Å². The maximum Gasteiger partial charge on any atom is 0.419 e. The second-order valence-corrected chi connectivity index (χ2v) is 7.17. The van der Waals surface area contributed by atoms with E-state index in [2.05, 4.69) is 27.5 Å². The molecule has 1 heterocycles. The molecule has 1 aliphatic carbocycles. The second-order valence-electron chi connectivity index (χ2n) is 7.17. The van der Waals surface area contributed by atoms with Gasteiger partial charge in [-0.05, 0) is 43.5 Å². The summed E-state index contributed by atoms with van der Waals surface area (Å²) in [5, 5.41) is 17.2. The summed E-state index contributed by atoms with van der Waals surface area (Å²) in [5.41, 5.74) is -1.85. The van der Waals surface area contributed by atoms with Gasteiger partial charge in [-0.2, -0.15) is 18.4 Å². The number of nitriles is 1. The van der Waals surface area contributed by atoms with Gasteiger partial charge in [0.15, 0.2) is 5.69 Å². The largest absolute Gasteiger partial charge is 0.419 e. The van der Waals surface area contributed by atoms with Gasteiger partial charge in [-0.25, -0.2) is 9.37 Å². The van der Waals surface area contributed by atoms with E-state index in [9.17, 15) is 22.4 Å². The van der Waals surface area contributed by atoms with Crippen molar-refractivity contribution in [1.29, 1.82) is 5.26 Å². The molecule has 3 rings (SSSR count). The summed E-state index contributed by atoms with van der Waals surface area (Å²) >= 11 is 0. The predicted molar refractivity (Wildman–Crippen MR) is 107 cm³/mol. The lowest BCUT2D eigenvalue weighted by Crippen LogP contribution is -2.48. The zero-order valence-electron chi connectivity index (χ0n) is 16.5. The van der Waals surface area contributed by atoms with Crippen LogP contribution in [0.1, 0.15) is 40.9 Å². The lowest BCUT2D eigenvalue weighted by Gasteiger charge is -2.45. The molecule has 1 fully saturated rings. The van der Waals surface area contributed by atoms with Gasteiger partial charge in [0.1, 0.15) is 11.9 Å². The molecule has 31 heavy (non-hydrogen) atoms. The van der Waals surface area contributed by atoms with Crippen LogP contribution >= 0.6 is 0 Å². The first kappa shape index (κ1) is 22.1. The van der Waals surface area contributed by atoms with Crippen LogP contribution in [0.3, 0.4) is 0 Å². The molecule has 1 amide bonds. The van der Waals surface area contributed by atoms with E-state index in [0.717, 1.165) is 18.7 Å². The van der Waals surface area contributed by atoms with Gasteiger partial charge in [0.25, 0.3) is 5.91 Å². The number of pyridine rings is 1. The minimum absolute atomic E-state index is 0.0329. The van der Waals surface area contributed by atoms with Crippen LogP contribution < -0.4 is 16.0 Å². The number of nitrogens with one attached hydrogen (secondary N) is 3. The number of nitrogens with zero attached hydrogens (tertiary/aromatic N) is 2. The highest BCUT2D eigenvalue weighted by molar-refractivity contribution is 5.94. The topological polar surface area (TPSA) is 89.8 Å². The van der Waals surface area contributed by atoms with Crippen molar-refractivity contribution in [2.45, 2.75) is 31.0 Å². The van der Waals surface area contributed by atoms with Crippen molar-refractivity contribution in [1.82, 2.24) is 10.3 Å². The molecule has 1 aromatic heterocycles. The van der Waals surface area contributed by atoms with Crippen LogP contribution in [0.4, 0.5) is 28.9 Å². The summed E-state index contributed by atoms with van der Waals surface area (Å²) in [4.78, 5) is 15.2. The molecular weight excluding hydrogens is 414 g/mol. The molecule has 0 aliphatic heterocycles. The highest BCUT2D eigenvalue weighted by Gasteiger charge is 2.40. The van der Waals surface area contributed by atoms with E-state index < -0.39 is 34.7 Å². The molecular formula is C21H19F4N5O. The lowest BCUT2D eigenvalue weighted by atomic mass is 9.74. The Balaban J connectivity index is 1.82. The number of hydrogen-bond acceptors (Lipinski definition) is 5. The van der Waals surface area contributed by atoms with E-state index in [1.807, 2.05) is 0 Å². The molecule has 0 bridgehead atoms. The molecule has 2 aromatic rings. The van der Waals surface area contributed by atoms with Gasteiger partial charge in [0.05, 0.1) is 28.6 Å². The van der Waals surface area contributed by atoms with E-state index in [-0.39, 0.29) is 11.3 Å². The molecule has 10 heteroatoms. The van der Waals surface area contributed by atoms with Gasteiger partial charge in [-0.1, -0.05) is 6.58 Å². The summed E-state index contributed by atoms with van der Waals surface area (Å²) in [7, 11) is 1.40. The highest BCUT2D eigenvalue weighted by atomic mass is 19.4. The zero-order valence-corrected chi connectivity index (χ0v) is 16.5. The molecule has 1 aliphatic rings. The monoisotopic (exact) mass is 433 g/mol. The molecule has 0 saturated heterocycles. The molecule has 0 atom stereocenters. The fourth-order valence-electron chi connectivity index (χ4n) is 3.35. The Morgan fingerprint density at radius 3 is 2.48 bits per heavy atom. The Morgan fingerprint density at radius 1 is 1.26 bits per heavy atom. The summed E-state index contributed by atoms with van der Waals surface area (Å²) in [6, 6.07) is 6.32. The van der Waals surface area contributed by atoms with Gasteiger partial charge in [-0.3, -0.25) is 4.79 Å². The van der Waals surface area contributed by atoms with Gasteiger partial charge in [-0.15, -0.1) is 0 Å². The first-order chi connectivity index (χ1) is 14.6. The number of carbonyl (C=O) groups is 1. The number of aromatic nitrogens is 1. The number of carbonyl (C=O) groups excluding carboxylic acids is 1. The summed E-state index contributed by atoms with van der Waals surface area (Å²) in [6.07, 6.45) is -1.52. The molecule has 1 saturated carbocycles. The molecule has 3 N–H and O–H groups in total. The minimum atomic E-state index is -4.73. The summed E-state index contributed by atoms with van der Waals surface area (Å²) in [6.45, 7) is 3.95. The molecule has 0 spiro atoms. The fraction of sp³-hybridized carbons (Fsp3) is 0.286. The van der Waals surface area contributed by atoms with E-state index in [0.29, 0.717) is 24.2 Å². The van der Waals surface area contributed by atoms with Crippen LogP contribution in [0.25, 0.3) is 0 Å². The van der Waals surface area contributed by atoms with Gasteiger partial charge in [0, 0.05) is 18.4 Å². The molecule has 6 nitrogen and oxygen atoms in total. The number of amides is 1. The van der Waals surface area contributed by atoms with Gasteiger partial charge in [0.2, 0.25) is 0 Å². The van der Waals surface area contributed by atoms with E-state index in [1.54, 1.807) is 6.07 Å². The summed E-state index contributed by atoms with van der Waals surface area (Å²) < 4.78 is 53.8. The average molecular weight is 433 g/mol. The zero-order chi connectivity index (χ0) is 22.8. The first-order valence-electron chi connectivity index (χ1n) is 9.33. The molecule has 162 valence electrons. The van der Waals surface area contributed by atoms with E-state index >= 15 is 0 Å². The number of benzene rings is 1. The first-order valence-corrected chi connectivity index (χ1v) is 9.33. The lowest BCUT2D eigenvalue weighted by molar-refractivity contribution is -0.138. The van der Waals surface area contributed by atoms with Crippen LogP contribution in [0.15, 0.2) is 42.7 Å². The minimum Gasteiger partial charge on any atom is -0.374 e. The Hall–Kier alpha value is -3.61. The number of alkyl halides is 3. The third-order valence-corrected chi connectivity index (χ3v) is 5.20. The maximum atomic E-state index is 14.3.